The van der Waals surface area contributed by atoms with E-state index >= 15 is 0 Å². The molecule has 154 valence electrons. The van der Waals surface area contributed by atoms with Gasteiger partial charge >= 0.3 is 6.18 Å². The average molecular weight is 446 g/mol. The van der Waals surface area contributed by atoms with Crippen LogP contribution in [0.3, 0.4) is 0 Å². The normalized spacial score (nSPS) is 11.4. The predicted octanol–water partition coefficient (Wildman–Crippen LogP) is 5.35. The monoisotopic (exact) mass is 445 g/mol. The molecule has 3 rings (SSSR count). The van der Waals surface area contributed by atoms with E-state index in [1.165, 1.54) is 29.5 Å². The molecular weight excluding hydrogens is 431 g/mol. The van der Waals surface area contributed by atoms with Gasteiger partial charge in [-0.25, -0.2) is 0 Å². The van der Waals surface area contributed by atoms with E-state index < -0.39 is 18.7 Å². The summed E-state index contributed by atoms with van der Waals surface area (Å²) >= 11 is 7.35. The zero-order chi connectivity index (χ0) is 20.9. The van der Waals surface area contributed by atoms with Crippen LogP contribution in [-0.2, 0) is 11.2 Å². The van der Waals surface area contributed by atoms with E-state index in [9.17, 15) is 18.0 Å². The summed E-state index contributed by atoms with van der Waals surface area (Å²) in [5, 5.41) is 8.56. The number of thiophene rings is 1. The fourth-order valence-corrected chi connectivity index (χ4v) is 3.18. The summed E-state index contributed by atoms with van der Waals surface area (Å²) < 4.78 is 47.0. The summed E-state index contributed by atoms with van der Waals surface area (Å²) in [6, 6.07) is 7.73. The van der Waals surface area contributed by atoms with Crippen molar-refractivity contribution in [2.75, 3.05) is 11.9 Å². The van der Waals surface area contributed by atoms with Gasteiger partial charge in [0.05, 0.1) is 10.6 Å². The van der Waals surface area contributed by atoms with Gasteiger partial charge in [-0.15, -0.1) is 11.3 Å². The Morgan fingerprint density at radius 3 is 2.86 bits per heavy atom. The number of hydrogen-bond acceptors (Lipinski definition) is 6. The molecule has 0 saturated carbocycles. The molecule has 0 atom stereocenters. The summed E-state index contributed by atoms with van der Waals surface area (Å²) in [5.74, 6) is 0.377. The van der Waals surface area contributed by atoms with Crippen LogP contribution in [0.2, 0.25) is 5.02 Å². The second kappa shape index (κ2) is 9.27. The van der Waals surface area contributed by atoms with Gasteiger partial charge in [-0.2, -0.15) is 18.2 Å². The van der Waals surface area contributed by atoms with Gasteiger partial charge in [0, 0.05) is 17.9 Å². The zero-order valence-electron chi connectivity index (χ0n) is 14.8. The van der Waals surface area contributed by atoms with Crippen molar-refractivity contribution in [1.29, 1.82) is 0 Å². The lowest BCUT2D eigenvalue weighted by Gasteiger charge is -2.14. The van der Waals surface area contributed by atoms with Crippen molar-refractivity contribution < 1.29 is 27.2 Å². The van der Waals surface area contributed by atoms with Crippen LogP contribution in [0.5, 0.6) is 5.75 Å². The fourth-order valence-electron chi connectivity index (χ4n) is 2.36. The highest BCUT2D eigenvalue weighted by Crippen LogP contribution is 2.30. The second-order valence-corrected chi connectivity index (χ2v) is 7.32. The largest absolute Gasteiger partial charge is 0.482 e. The lowest BCUT2D eigenvalue weighted by atomic mass is 10.2. The SMILES string of the molecule is O=C(CCCc1nc(-c2cccs2)no1)Nc1cc(Cl)ccc1OCC(F)(F)F. The molecule has 0 spiro atoms. The Kier molecular flexibility index (Phi) is 6.75. The number of carbonyl (C=O) groups is 1. The van der Waals surface area contributed by atoms with E-state index in [4.69, 9.17) is 20.9 Å². The van der Waals surface area contributed by atoms with Gasteiger partial charge in [-0.05, 0) is 36.1 Å². The molecule has 0 radical (unpaired) electrons. The second-order valence-electron chi connectivity index (χ2n) is 5.94. The molecule has 29 heavy (non-hydrogen) atoms. The third kappa shape index (κ3) is 6.47. The van der Waals surface area contributed by atoms with Crippen LogP contribution >= 0.6 is 22.9 Å². The van der Waals surface area contributed by atoms with Crippen molar-refractivity contribution in [2.24, 2.45) is 0 Å². The number of anilines is 1. The fraction of sp³-hybridized carbons (Fsp3) is 0.278. The van der Waals surface area contributed by atoms with Gasteiger partial charge in [-0.3, -0.25) is 4.79 Å². The molecule has 1 amide bonds. The third-order valence-corrected chi connectivity index (χ3v) is 4.71. The number of amides is 1. The number of aryl methyl sites for hydroxylation is 1. The Hall–Kier alpha value is -2.59. The summed E-state index contributed by atoms with van der Waals surface area (Å²) in [5.41, 5.74) is 0.0736. The molecule has 0 saturated heterocycles. The van der Waals surface area contributed by atoms with Gasteiger partial charge in [-0.1, -0.05) is 22.8 Å². The number of benzene rings is 1. The molecule has 0 aliphatic heterocycles. The Bertz CT molecular complexity index is 961. The Morgan fingerprint density at radius 2 is 2.14 bits per heavy atom. The summed E-state index contributed by atoms with van der Waals surface area (Å²) in [6.45, 7) is -1.47. The van der Waals surface area contributed by atoms with Crippen LogP contribution in [0.15, 0.2) is 40.2 Å². The molecular formula is C18H15ClF3N3O3S. The van der Waals surface area contributed by atoms with Crippen molar-refractivity contribution in [3.8, 4) is 16.5 Å². The molecule has 3 aromatic rings. The van der Waals surface area contributed by atoms with Crippen LogP contribution in [0.1, 0.15) is 18.7 Å². The number of nitrogens with one attached hydrogen (secondary N) is 1. The minimum atomic E-state index is -4.49. The third-order valence-electron chi connectivity index (χ3n) is 3.61. The van der Waals surface area contributed by atoms with Gasteiger partial charge in [0.25, 0.3) is 0 Å². The lowest BCUT2D eigenvalue weighted by molar-refractivity contribution is -0.153. The predicted molar refractivity (Wildman–Crippen MR) is 102 cm³/mol. The number of alkyl halides is 3. The van der Waals surface area contributed by atoms with Gasteiger partial charge in [0.15, 0.2) is 6.61 Å². The standard InChI is InChI=1S/C18H15ClF3N3O3S/c19-11-6-7-13(27-10-18(20,21)22)12(9-11)23-15(26)4-1-5-16-24-17(25-28-16)14-3-2-8-29-14/h2-3,6-9H,1,4-5,10H2,(H,23,26). The first-order valence-electron chi connectivity index (χ1n) is 8.45. The van der Waals surface area contributed by atoms with Gasteiger partial charge in [0.2, 0.25) is 17.6 Å². The summed E-state index contributed by atoms with van der Waals surface area (Å²) in [4.78, 5) is 17.3. The van der Waals surface area contributed by atoms with Crippen LogP contribution < -0.4 is 10.1 Å². The first kappa shape index (κ1) is 21.1. The highest BCUT2D eigenvalue weighted by Gasteiger charge is 2.29. The minimum Gasteiger partial charge on any atom is -0.482 e. The minimum absolute atomic E-state index is 0.0736. The lowest BCUT2D eigenvalue weighted by Crippen LogP contribution is -2.20. The topological polar surface area (TPSA) is 77.2 Å². The number of halogens is 4. The maximum absolute atomic E-state index is 12.4. The van der Waals surface area contributed by atoms with Crippen LogP contribution in [0.25, 0.3) is 10.7 Å². The van der Waals surface area contributed by atoms with Crippen molar-refractivity contribution in [2.45, 2.75) is 25.4 Å². The molecule has 2 heterocycles. The first-order chi connectivity index (χ1) is 13.8. The number of aromatic nitrogens is 2. The summed E-state index contributed by atoms with van der Waals surface area (Å²) in [6.07, 6.45) is -3.59. The first-order valence-corrected chi connectivity index (χ1v) is 9.71. The highest BCUT2D eigenvalue weighted by molar-refractivity contribution is 7.13. The Labute approximate surface area is 172 Å². The zero-order valence-corrected chi connectivity index (χ0v) is 16.4. The van der Waals surface area contributed by atoms with E-state index in [0.717, 1.165) is 4.88 Å². The van der Waals surface area contributed by atoms with E-state index in [-0.39, 0.29) is 22.9 Å². The Morgan fingerprint density at radius 1 is 1.31 bits per heavy atom. The molecule has 0 fully saturated rings. The van der Waals surface area contributed by atoms with E-state index in [0.29, 0.717) is 24.6 Å². The van der Waals surface area contributed by atoms with E-state index in [1.54, 1.807) is 0 Å². The smallest absolute Gasteiger partial charge is 0.422 e. The molecule has 6 nitrogen and oxygen atoms in total. The van der Waals surface area contributed by atoms with E-state index in [2.05, 4.69) is 15.5 Å². The molecule has 0 aliphatic carbocycles. The molecule has 0 bridgehead atoms. The van der Waals surface area contributed by atoms with Crippen molar-refractivity contribution in [3.63, 3.8) is 0 Å². The van der Waals surface area contributed by atoms with Crippen molar-refractivity contribution >= 4 is 34.5 Å². The number of ether oxygens (including phenoxy) is 1. The Balaban J connectivity index is 1.52. The maximum atomic E-state index is 12.4. The maximum Gasteiger partial charge on any atom is 0.422 e. The summed E-state index contributed by atoms with van der Waals surface area (Å²) in [7, 11) is 0. The molecule has 1 aromatic carbocycles. The highest BCUT2D eigenvalue weighted by atomic mass is 35.5. The molecule has 0 unspecified atom stereocenters. The molecule has 0 aliphatic rings. The number of hydrogen-bond donors (Lipinski definition) is 1. The number of carbonyl (C=O) groups excluding carboxylic acids is 1. The van der Waals surface area contributed by atoms with Crippen LogP contribution in [0.4, 0.5) is 18.9 Å². The van der Waals surface area contributed by atoms with Crippen molar-refractivity contribution in [1.82, 2.24) is 10.1 Å². The van der Waals surface area contributed by atoms with Crippen molar-refractivity contribution in [3.05, 3.63) is 46.6 Å². The van der Waals surface area contributed by atoms with Crippen LogP contribution in [-0.4, -0.2) is 28.8 Å². The van der Waals surface area contributed by atoms with Gasteiger partial charge < -0.3 is 14.6 Å². The van der Waals surface area contributed by atoms with E-state index in [1.807, 2.05) is 17.5 Å². The molecule has 2 aromatic heterocycles. The quantitative estimate of drug-likeness (QED) is 0.505. The molecule has 1 N–H and O–H groups in total. The molecule has 11 heteroatoms. The van der Waals surface area contributed by atoms with Gasteiger partial charge in [0.1, 0.15) is 5.75 Å². The number of nitrogens with zero attached hydrogens (tertiary/aromatic N) is 2. The number of rotatable bonds is 8. The average Bonchev–Trinajstić information content (AvgIpc) is 3.32. The van der Waals surface area contributed by atoms with Crippen LogP contribution in [0, 0.1) is 0 Å².